The maximum atomic E-state index is 15.0. The van der Waals surface area contributed by atoms with Crippen molar-refractivity contribution in [3.05, 3.63) is 39.9 Å². The molecule has 3 fully saturated rings. The van der Waals surface area contributed by atoms with Crippen molar-refractivity contribution in [1.82, 2.24) is 9.88 Å². The molecule has 1 unspecified atom stereocenters. The van der Waals surface area contributed by atoms with Crippen LogP contribution in [0.4, 0.5) is 10.1 Å². The number of fused-ring (bicyclic) bond motifs is 1. The summed E-state index contributed by atoms with van der Waals surface area (Å²) in [5.74, 6) is -1.05. The van der Waals surface area contributed by atoms with E-state index in [-0.39, 0.29) is 17.0 Å². The fourth-order valence-corrected chi connectivity index (χ4v) is 4.22. The molecular formula is C20H22FN3O3. The normalized spacial score (nSPS) is 23.0. The van der Waals surface area contributed by atoms with Crippen LogP contribution in [0.1, 0.15) is 42.1 Å². The molecule has 1 aliphatic heterocycles. The van der Waals surface area contributed by atoms with Gasteiger partial charge in [-0.15, -0.1) is 0 Å². The van der Waals surface area contributed by atoms with Crippen molar-refractivity contribution in [2.45, 2.75) is 37.8 Å². The van der Waals surface area contributed by atoms with Gasteiger partial charge in [0.25, 0.3) is 0 Å². The molecule has 0 amide bonds. The minimum absolute atomic E-state index is 0.150. The number of carbonyl (C=O) groups is 1. The molecule has 2 aromatic rings. The van der Waals surface area contributed by atoms with Crippen LogP contribution in [0.2, 0.25) is 0 Å². The van der Waals surface area contributed by atoms with E-state index < -0.39 is 17.2 Å². The van der Waals surface area contributed by atoms with Gasteiger partial charge in [-0.25, -0.2) is 9.18 Å². The Morgan fingerprint density at radius 1 is 1.22 bits per heavy atom. The van der Waals surface area contributed by atoms with E-state index in [1.807, 2.05) is 4.57 Å². The van der Waals surface area contributed by atoms with Gasteiger partial charge < -0.3 is 19.9 Å². The van der Waals surface area contributed by atoms with Gasteiger partial charge in [0, 0.05) is 43.3 Å². The third-order valence-electron chi connectivity index (χ3n) is 6.01. The zero-order valence-electron chi connectivity index (χ0n) is 14.9. The summed E-state index contributed by atoms with van der Waals surface area (Å²) in [6.45, 7) is 2.28. The second-order valence-corrected chi connectivity index (χ2v) is 7.98. The summed E-state index contributed by atoms with van der Waals surface area (Å²) in [5, 5.41) is 13.0. The number of pyridine rings is 1. The lowest BCUT2D eigenvalue weighted by Crippen LogP contribution is -2.52. The standard InChI is InChI=1S/C20H22FN3O3/c21-15-7-13-17(24(12-3-4-12)9-14(19(13)25)20(26)27)8-18(15)23-6-5-22-16(10-23)11-1-2-11/h7-9,11-12,16,22H,1-6,10H2,(H,26,27). The number of carboxylic acids is 1. The van der Waals surface area contributed by atoms with Crippen LogP contribution in [0.25, 0.3) is 10.9 Å². The second kappa shape index (κ2) is 6.05. The van der Waals surface area contributed by atoms with E-state index in [2.05, 4.69) is 10.2 Å². The highest BCUT2D eigenvalue weighted by Crippen LogP contribution is 2.39. The molecule has 0 spiro atoms. The minimum Gasteiger partial charge on any atom is -0.477 e. The van der Waals surface area contributed by atoms with E-state index in [1.165, 1.54) is 25.1 Å². The molecule has 2 aliphatic carbocycles. The van der Waals surface area contributed by atoms with E-state index in [4.69, 9.17) is 0 Å². The molecule has 0 radical (unpaired) electrons. The number of hydrogen-bond acceptors (Lipinski definition) is 4. The largest absolute Gasteiger partial charge is 0.477 e. The number of carboxylic acid groups (broad SMARTS) is 1. The van der Waals surface area contributed by atoms with Gasteiger partial charge in [-0.1, -0.05) is 0 Å². The Labute approximate surface area is 155 Å². The van der Waals surface area contributed by atoms with Crippen LogP contribution in [-0.2, 0) is 0 Å². The van der Waals surface area contributed by atoms with Gasteiger partial charge in [0.15, 0.2) is 0 Å². The third kappa shape index (κ3) is 2.90. The summed E-state index contributed by atoms with van der Waals surface area (Å²) in [6.07, 6.45) is 5.77. The lowest BCUT2D eigenvalue weighted by atomic mass is 10.1. The van der Waals surface area contributed by atoms with Crippen LogP contribution in [0.5, 0.6) is 0 Å². The van der Waals surface area contributed by atoms with Gasteiger partial charge in [0.05, 0.1) is 11.2 Å². The first-order valence-corrected chi connectivity index (χ1v) is 9.63. The van der Waals surface area contributed by atoms with E-state index >= 15 is 0 Å². The number of anilines is 1. The number of rotatable bonds is 4. The van der Waals surface area contributed by atoms with Gasteiger partial charge >= 0.3 is 5.97 Å². The molecule has 2 saturated carbocycles. The average molecular weight is 371 g/mol. The van der Waals surface area contributed by atoms with E-state index in [0.717, 1.165) is 25.9 Å². The molecular weight excluding hydrogens is 349 g/mol. The van der Waals surface area contributed by atoms with Crippen molar-refractivity contribution in [1.29, 1.82) is 0 Å². The van der Waals surface area contributed by atoms with Crippen molar-refractivity contribution >= 4 is 22.6 Å². The summed E-state index contributed by atoms with van der Waals surface area (Å²) >= 11 is 0. The molecule has 27 heavy (non-hydrogen) atoms. The summed E-state index contributed by atoms with van der Waals surface area (Å²) in [6, 6.07) is 3.54. The molecule has 1 aromatic carbocycles. The van der Waals surface area contributed by atoms with E-state index in [0.29, 0.717) is 29.7 Å². The predicted octanol–water partition coefficient (Wildman–Crippen LogP) is 2.36. The van der Waals surface area contributed by atoms with E-state index in [1.54, 1.807) is 6.07 Å². The quantitative estimate of drug-likeness (QED) is 0.863. The zero-order chi connectivity index (χ0) is 18.7. The molecule has 142 valence electrons. The van der Waals surface area contributed by atoms with Gasteiger partial charge in [-0.3, -0.25) is 4.79 Å². The first kappa shape index (κ1) is 16.7. The molecule has 5 rings (SSSR count). The molecule has 3 aliphatic rings. The molecule has 2 N–H and O–H groups in total. The Balaban J connectivity index is 1.63. The highest BCUT2D eigenvalue weighted by molar-refractivity contribution is 5.93. The predicted molar refractivity (Wildman–Crippen MR) is 100 cm³/mol. The lowest BCUT2D eigenvalue weighted by Gasteiger charge is -2.35. The van der Waals surface area contributed by atoms with E-state index in [9.17, 15) is 19.1 Å². The maximum absolute atomic E-state index is 15.0. The number of benzene rings is 1. The van der Waals surface area contributed by atoms with Gasteiger partial charge in [-0.2, -0.15) is 0 Å². The molecule has 0 bridgehead atoms. The monoisotopic (exact) mass is 371 g/mol. The fraction of sp³-hybridized carbons (Fsp3) is 0.500. The molecule has 2 heterocycles. The first-order valence-electron chi connectivity index (χ1n) is 9.63. The van der Waals surface area contributed by atoms with Gasteiger partial charge in [0.1, 0.15) is 11.4 Å². The van der Waals surface area contributed by atoms with Crippen molar-refractivity contribution in [3.8, 4) is 0 Å². The Hall–Kier alpha value is -2.41. The highest BCUT2D eigenvalue weighted by atomic mass is 19.1. The molecule has 6 nitrogen and oxygen atoms in total. The SMILES string of the molecule is O=C(O)c1cn(C2CC2)c2cc(N3CCNC(C4CC4)C3)c(F)cc2c1=O. The van der Waals surface area contributed by atoms with Crippen LogP contribution in [0, 0.1) is 11.7 Å². The van der Waals surface area contributed by atoms with Crippen LogP contribution in [-0.4, -0.2) is 41.3 Å². The number of halogens is 1. The summed E-state index contributed by atoms with van der Waals surface area (Å²) in [4.78, 5) is 26.1. The second-order valence-electron chi connectivity index (χ2n) is 7.98. The minimum atomic E-state index is -1.27. The van der Waals surface area contributed by atoms with Crippen molar-refractivity contribution in [2.75, 3.05) is 24.5 Å². The number of aromatic carboxylic acids is 1. The van der Waals surface area contributed by atoms with Crippen LogP contribution >= 0.6 is 0 Å². The topological polar surface area (TPSA) is 74.6 Å². The first-order chi connectivity index (χ1) is 13.0. The van der Waals surface area contributed by atoms with Crippen LogP contribution in [0.3, 0.4) is 0 Å². The number of aromatic nitrogens is 1. The molecule has 7 heteroatoms. The van der Waals surface area contributed by atoms with Crippen molar-refractivity contribution in [3.63, 3.8) is 0 Å². The third-order valence-corrected chi connectivity index (χ3v) is 6.01. The Kier molecular flexibility index (Phi) is 3.75. The smallest absolute Gasteiger partial charge is 0.341 e. The number of piperazine rings is 1. The van der Waals surface area contributed by atoms with Crippen molar-refractivity contribution < 1.29 is 14.3 Å². The number of nitrogens with one attached hydrogen (secondary N) is 1. The average Bonchev–Trinajstić information content (AvgIpc) is 3.55. The summed E-state index contributed by atoms with van der Waals surface area (Å²) < 4.78 is 16.8. The fourth-order valence-electron chi connectivity index (χ4n) is 4.22. The highest BCUT2D eigenvalue weighted by Gasteiger charge is 2.35. The van der Waals surface area contributed by atoms with Crippen LogP contribution in [0.15, 0.2) is 23.1 Å². The zero-order valence-corrected chi connectivity index (χ0v) is 14.9. The Morgan fingerprint density at radius 2 is 2.00 bits per heavy atom. The summed E-state index contributed by atoms with van der Waals surface area (Å²) in [7, 11) is 0. The molecule has 1 aromatic heterocycles. The Bertz CT molecular complexity index is 994. The lowest BCUT2D eigenvalue weighted by molar-refractivity contribution is 0.0695. The van der Waals surface area contributed by atoms with Gasteiger partial charge in [0.2, 0.25) is 5.43 Å². The summed E-state index contributed by atoms with van der Waals surface area (Å²) in [5.41, 5.74) is 0.227. The molecule has 1 atom stereocenters. The number of hydrogen-bond donors (Lipinski definition) is 2. The van der Waals surface area contributed by atoms with Crippen LogP contribution < -0.4 is 15.6 Å². The van der Waals surface area contributed by atoms with Gasteiger partial charge in [-0.05, 0) is 43.7 Å². The van der Waals surface area contributed by atoms with Crippen molar-refractivity contribution in [2.24, 2.45) is 5.92 Å². The Morgan fingerprint density at radius 3 is 2.67 bits per heavy atom. The molecule has 1 saturated heterocycles. The number of nitrogens with zero attached hydrogens (tertiary/aromatic N) is 2. The maximum Gasteiger partial charge on any atom is 0.341 e.